The number of para-hydroxylation sites is 4. The van der Waals surface area contributed by atoms with Gasteiger partial charge in [0.25, 0.3) is 0 Å². The number of nitrogens with zero attached hydrogens (tertiary/aromatic N) is 2. The fourth-order valence-electron chi connectivity index (χ4n) is 6.49. The molecule has 4 heterocycles. The molecule has 0 spiro atoms. The van der Waals surface area contributed by atoms with Crippen LogP contribution in [0, 0.1) is 0 Å². The maximum atomic E-state index is 6.42. The van der Waals surface area contributed by atoms with Crippen molar-refractivity contribution >= 4 is 43.6 Å². The van der Waals surface area contributed by atoms with E-state index in [1.807, 2.05) is 47.7 Å². The van der Waals surface area contributed by atoms with Crippen LogP contribution in [0.25, 0.3) is 65.5 Å². The first-order valence-electron chi connectivity index (χ1n) is 14.6. The van der Waals surface area contributed by atoms with Crippen molar-refractivity contribution in [1.82, 2.24) is 20.3 Å². The third-order valence-electron chi connectivity index (χ3n) is 8.48. The first-order chi connectivity index (χ1) is 21.3. The van der Waals surface area contributed by atoms with Gasteiger partial charge in [-0.3, -0.25) is 0 Å². The lowest BCUT2D eigenvalue weighted by atomic mass is 9.84. The summed E-state index contributed by atoms with van der Waals surface area (Å²) in [5.74, 6) is 1.39. The highest BCUT2D eigenvalue weighted by atomic mass is 32.1. The highest BCUT2D eigenvalue weighted by Gasteiger charge is 2.30. The van der Waals surface area contributed by atoms with Gasteiger partial charge in [0.2, 0.25) is 5.89 Å². The Morgan fingerprint density at radius 1 is 0.721 bits per heavy atom. The van der Waals surface area contributed by atoms with Crippen molar-refractivity contribution in [2.45, 2.75) is 12.5 Å². The molecule has 6 heteroatoms. The lowest BCUT2D eigenvalue weighted by molar-refractivity contribution is 0.569. The first kappa shape index (κ1) is 24.5. The zero-order valence-corrected chi connectivity index (χ0v) is 24.0. The van der Waals surface area contributed by atoms with Crippen LogP contribution in [-0.4, -0.2) is 21.5 Å². The average Bonchev–Trinajstić information content (AvgIpc) is 3.80. The fourth-order valence-corrected chi connectivity index (χ4v) is 7.63. The highest BCUT2D eigenvalue weighted by molar-refractivity contribution is 7.22. The van der Waals surface area contributed by atoms with Crippen molar-refractivity contribution in [2.24, 2.45) is 0 Å². The van der Waals surface area contributed by atoms with Crippen molar-refractivity contribution < 1.29 is 4.42 Å². The van der Waals surface area contributed by atoms with Crippen LogP contribution < -0.4 is 5.32 Å². The van der Waals surface area contributed by atoms with E-state index in [-0.39, 0.29) is 6.04 Å². The third kappa shape index (κ3) is 4.02. The molecule has 0 saturated carbocycles. The predicted octanol–water partition coefficient (Wildman–Crippen LogP) is 9.15. The van der Waals surface area contributed by atoms with Crippen LogP contribution >= 0.6 is 11.3 Å². The fraction of sp³-hybridized carbons (Fsp3) is 0.0811. The molecule has 0 aliphatic carbocycles. The minimum absolute atomic E-state index is 0.0333. The first-order valence-corrected chi connectivity index (χ1v) is 15.4. The summed E-state index contributed by atoms with van der Waals surface area (Å²) in [4.78, 5) is 15.0. The Hall–Kier alpha value is -5.04. The molecule has 43 heavy (non-hydrogen) atoms. The van der Waals surface area contributed by atoms with Crippen LogP contribution in [0.15, 0.2) is 120 Å². The third-order valence-corrected chi connectivity index (χ3v) is 9.61. The zero-order valence-electron chi connectivity index (χ0n) is 23.2. The Morgan fingerprint density at radius 2 is 1.53 bits per heavy atom. The Labute approximate surface area is 251 Å². The second kappa shape index (κ2) is 9.76. The quantitative estimate of drug-likeness (QED) is 0.220. The largest absolute Gasteiger partial charge is 0.436 e. The molecule has 0 fully saturated rings. The monoisotopic (exact) mass is 574 g/mol. The molecule has 0 saturated heterocycles. The molecular weight excluding hydrogens is 549 g/mol. The van der Waals surface area contributed by atoms with Crippen LogP contribution in [0.1, 0.15) is 22.7 Å². The molecule has 5 nitrogen and oxygen atoms in total. The van der Waals surface area contributed by atoms with Gasteiger partial charge in [-0.15, -0.1) is 11.3 Å². The summed E-state index contributed by atoms with van der Waals surface area (Å²) in [6.45, 7) is 0.917. The van der Waals surface area contributed by atoms with Crippen molar-refractivity contribution in [2.75, 3.05) is 6.54 Å². The number of benzene rings is 5. The van der Waals surface area contributed by atoms with E-state index in [1.165, 1.54) is 31.7 Å². The number of rotatable bonds is 4. The van der Waals surface area contributed by atoms with Crippen molar-refractivity contribution in [1.29, 1.82) is 0 Å². The van der Waals surface area contributed by atoms with E-state index in [9.17, 15) is 0 Å². The normalized spacial score (nSPS) is 14.9. The van der Waals surface area contributed by atoms with Gasteiger partial charge >= 0.3 is 0 Å². The Balaban J connectivity index is 1.40. The zero-order chi connectivity index (χ0) is 28.3. The van der Waals surface area contributed by atoms with E-state index in [4.69, 9.17) is 14.4 Å². The molecule has 1 atom stereocenters. The van der Waals surface area contributed by atoms with Gasteiger partial charge in [-0.25, -0.2) is 9.97 Å². The van der Waals surface area contributed by atoms with Gasteiger partial charge in [0.1, 0.15) is 11.3 Å². The van der Waals surface area contributed by atoms with Gasteiger partial charge in [-0.1, -0.05) is 72.8 Å². The summed E-state index contributed by atoms with van der Waals surface area (Å²) >= 11 is 1.81. The van der Waals surface area contributed by atoms with E-state index >= 15 is 0 Å². The SMILES string of the molecule is c1ccc2c(c1)CCNC2c1ccc(-c2nc3ccccc3o2)c(-c2nc3ccccc3[nH]2)c1-c1cc2ccccc2s1. The van der Waals surface area contributed by atoms with Gasteiger partial charge in [0.15, 0.2) is 5.58 Å². The number of aromatic nitrogens is 3. The van der Waals surface area contributed by atoms with Gasteiger partial charge < -0.3 is 14.7 Å². The smallest absolute Gasteiger partial charge is 0.228 e. The summed E-state index contributed by atoms with van der Waals surface area (Å²) in [7, 11) is 0. The maximum absolute atomic E-state index is 6.42. The Bertz CT molecular complexity index is 2210. The van der Waals surface area contributed by atoms with E-state index in [0.29, 0.717) is 5.89 Å². The summed E-state index contributed by atoms with van der Waals surface area (Å²) in [6.07, 6.45) is 1.02. The highest BCUT2D eigenvalue weighted by Crippen LogP contribution is 2.48. The summed E-state index contributed by atoms with van der Waals surface area (Å²) in [5, 5.41) is 5.09. The number of thiophene rings is 1. The Morgan fingerprint density at radius 3 is 2.44 bits per heavy atom. The molecule has 3 aromatic heterocycles. The number of hydrogen-bond donors (Lipinski definition) is 2. The molecule has 1 unspecified atom stereocenters. The Kier molecular flexibility index (Phi) is 5.57. The molecule has 0 radical (unpaired) electrons. The standard InChI is InChI=1S/C37H26N4OS/c1-3-11-24-22(9-1)19-20-38-35(24)25-17-18-26(37-41-29-14-6-7-15-30(29)42-37)34(36-39-27-12-4-5-13-28(27)40-36)33(25)32-21-23-10-2-8-16-31(23)43-32/h1-18,21,35,38H,19-20H2,(H,39,40). The number of imidazole rings is 1. The molecule has 1 aliphatic rings. The second-order valence-corrected chi connectivity index (χ2v) is 12.1. The number of oxazole rings is 1. The van der Waals surface area contributed by atoms with E-state index in [1.54, 1.807) is 0 Å². The molecule has 5 aromatic carbocycles. The van der Waals surface area contributed by atoms with Gasteiger partial charge in [0, 0.05) is 32.8 Å². The second-order valence-electron chi connectivity index (χ2n) is 11.0. The molecule has 8 aromatic rings. The average molecular weight is 575 g/mol. The van der Waals surface area contributed by atoms with E-state index in [2.05, 4.69) is 89.2 Å². The van der Waals surface area contributed by atoms with Gasteiger partial charge in [-0.05, 0) is 71.0 Å². The van der Waals surface area contributed by atoms with E-state index in [0.717, 1.165) is 57.6 Å². The minimum atomic E-state index is 0.0333. The van der Waals surface area contributed by atoms with E-state index < -0.39 is 0 Å². The lowest BCUT2D eigenvalue weighted by Gasteiger charge is -2.30. The van der Waals surface area contributed by atoms with Crippen molar-refractivity contribution in [3.63, 3.8) is 0 Å². The van der Waals surface area contributed by atoms with Gasteiger partial charge in [-0.2, -0.15) is 0 Å². The molecule has 9 rings (SSSR count). The summed E-state index contributed by atoms with van der Waals surface area (Å²) in [6, 6.07) is 40.3. The van der Waals surface area contributed by atoms with Crippen molar-refractivity contribution in [3.8, 4) is 33.3 Å². The van der Waals surface area contributed by atoms with Crippen LogP contribution in [0.2, 0.25) is 0 Å². The summed E-state index contributed by atoms with van der Waals surface area (Å²) < 4.78 is 7.67. The minimum Gasteiger partial charge on any atom is -0.436 e. The van der Waals surface area contributed by atoms with Crippen LogP contribution in [-0.2, 0) is 6.42 Å². The number of fused-ring (bicyclic) bond motifs is 4. The molecule has 206 valence electrons. The predicted molar refractivity (Wildman–Crippen MR) is 175 cm³/mol. The number of aromatic amines is 1. The van der Waals surface area contributed by atoms with Crippen LogP contribution in [0.3, 0.4) is 0 Å². The topological polar surface area (TPSA) is 66.7 Å². The molecular formula is C37H26N4OS. The number of H-pyrrole nitrogens is 1. The number of nitrogens with one attached hydrogen (secondary N) is 2. The summed E-state index contributed by atoms with van der Waals surface area (Å²) in [5.41, 5.74) is 10.5. The lowest BCUT2D eigenvalue weighted by Crippen LogP contribution is -2.31. The molecule has 1 aliphatic heterocycles. The molecule has 2 N–H and O–H groups in total. The van der Waals surface area contributed by atoms with Crippen LogP contribution in [0.4, 0.5) is 0 Å². The molecule has 0 amide bonds. The maximum Gasteiger partial charge on any atom is 0.228 e. The van der Waals surface area contributed by atoms with Crippen LogP contribution in [0.5, 0.6) is 0 Å². The van der Waals surface area contributed by atoms with Crippen molar-refractivity contribution in [3.05, 3.63) is 132 Å². The van der Waals surface area contributed by atoms with Gasteiger partial charge in [0.05, 0.1) is 17.1 Å². The number of hydrogen-bond acceptors (Lipinski definition) is 5. The molecule has 0 bridgehead atoms.